The molecule has 6 heteroatoms. The fourth-order valence-corrected chi connectivity index (χ4v) is 2.33. The Morgan fingerprint density at radius 3 is 3.05 bits per heavy atom. The summed E-state index contributed by atoms with van der Waals surface area (Å²) >= 11 is 0. The van der Waals surface area contributed by atoms with Crippen molar-refractivity contribution >= 4 is 18.1 Å². The van der Waals surface area contributed by atoms with Crippen LogP contribution in [0.15, 0.2) is 24.9 Å². The molecule has 0 aliphatic carbocycles. The first-order chi connectivity index (χ1) is 9.60. The van der Waals surface area contributed by atoms with E-state index in [1.54, 1.807) is 29.3 Å². The van der Waals surface area contributed by atoms with E-state index in [1.807, 2.05) is 0 Å². The molecule has 0 radical (unpaired) electrons. The molecule has 6 nitrogen and oxygen atoms in total. The van der Waals surface area contributed by atoms with Crippen LogP contribution in [0.2, 0.25) is 0 Å². The van der Waals surface area contributed by atoms with E-state index in [9.17, 15) is 9.59 Å². The molecule has 1 saturated heterocycles. The lowest BCUT2D eigenvalue weighted by Gasteiger charge is -2.32. The third-order valence-electron chi connectivity index (χ3n) is 3.27. The van der Waals surface area contributed by atoms with Crippen molar-refractivity contribution in [2.24, 2.45) is 0 Å². The Hall–Kier alpha value is -2.37. The predicted octanol–water partition coefficient (Wildman–Crippen LogP) is 1.60. The van der Waals surface area contributed by atoms with Crippen molar-refractivity contribution in [2.75, 3.05) is 13.1 Å². The third-order valence-corrected chi connectivity index (χ3v) is 3.27. The lowest BCUT2D eigenvalue weighted by molar-refractivity contribution is 0.0692. The Labute approximate surface area is 117 Å². The summed E-state index contributed by atoms with van der Waals surface area (Å²) in [5.74, 6) is -0.104. The number of nitrogens with zero attached hydrogens (tertiary/aromatic N) is 2. The summed E-state index contributed by atoms with van der Waals surface area (Å²) in [6.45, 7) is 4.67. The SMILES string of the molecule is C=Cc1cc(C(=O)N2CCCC(NC(=O)O)C2)ccn1. The van der Waals surface area contributed by atoms with Crippen molar-refractivity contribution in [3.8, 4) is 0 Å². The number of amides is 2. The minimum absolute atomic E-state index is 0.104. The first kappa shape index (κ1) is 14.0. The van der Waals surface area contributed by atoms with Crippen molar-refractivity contribution in [2.45, 2.75) is 18.9 Å². The molecular weight excluding hydrogens is 258 g/mol. The Kier molecular flexibility index (Phi) is 4.34. The molecule has 1 aliphatic rings. The molecule has 0 spiro atoms. The number of carbonyl (C=O) groups is 2. The number of carboxylic acid groups (broad SMARTS) is 1. The van der Waals surface area contributed by atoms with Gasteiger partial charge in [-0.3, -0.25) is 9.78 Å². The molecule has 2 rings (SSSR count). The monoisotopic (exact) mass is 275 g/mol. The van der Waals surface area contributed by atoms with Gasteiger partial charge in [-0.2, -0.15) is 0 Å². The molecule has 0 aromatic carbocycles. The molecule has 1 aliphatic heterocycles. The summed E-state index contributed by atoms with van der Waals surface area (Å²) in [6, 6.07) is 3.14. The summed E-state index contributed by atoms with van der Waals surface area (Å²) in [4.78, 5) is 28.8. The van der Waals surface area contributed by atoms with Crippen LogP contribution in [0.1, 0.15) is 28.9 Å². The number of hydrogen-bond acceptors (Lipinski definition) is 3. The number of carbonyl (C=O) groups excluding carboxylic acids is 1. The van der Waals surface area contributed by atoms with E-state index in [4.69, 9.17) is 5.11 Å². The van der Waals surface area contributed by atoms with Gasteiger partial charge < -0.3 is 15.3 Å². The van der Waals surface area contributed by atoms with Gasteiger partial charge in [-0.15, -0.1) is 0 Å². The molecular formula is C14H17N3O3. The molecule has 20 heavy (non-hydrogen) atoms. The number of likely N-dealkylation sites (tertiary alicyclic amines) is 1. The molecule has 1 fully saturated rings. The van der Waals surface area contributed by atoms with E-state index in [2.05, 4.69) is 16.9 Å². The second kappa shape index (κ2) is 6.18. The smallest absolute Gasteiger partial charge is 0.404 e. The highest BCUT2D eigenvalue weighted by atomic mass is 16.4. The predicted molar refractivity (Wildman–Crippen MR) is 74.4 cm³/mol. The van der Waals surface area contributed by atoms with E-state index < -0.39 is 6.09 Å². The Bertz CT molecular complexity index is 530. The van der Waals surface area contributed by atoms with E-state index >= 15 is 0 Å². The summed E-state index contributed by atoms with van der Waals surface area (Å²) in [6.07, 6.45) is 3.64. The van der Waals surface area contributed by atoms with Crippen LogP contribution in [0.3, 0.4) is 0 Å². The molecule has 2 N–H and O–H groups in total. The quantitative estimate of drug-likeness (QED) is 0.877. The lowest BCUT2D eigenvalue weighted by atomic mass is 10.0. The van der Waals surface area contributed by atoms with E-state index in [-0.39, 0.29) is 11.9 Å². The zero-order valence-corrected chi connectivity index (χ0v) is 11.1. The van der Waals surface area contributed by atoms with Crippen LogP contribution in [-0.2, 0) is 0 Å². The molecule has 2 amide bonds. The van der Waals surface area contributed by atoms with Gasteiger partial charge in [-0.05, 0) is 31.1 Å². The van der Waals surface area contributed by atoms with Crippen LogP contribution in [0.25, 0.3) is 6.08 Å². The second-order valence-corrected chi connectivity index (χ2v) is 4.71. The molecule has 1 aromatic rings. The van der Waals surface area contributed by atoms with Crippen molar-refractivity contribution in [1.82, 2.24) is 15.2 Å². The maximum Gasteiger partial charge on any atom is 0.404 e. The van der Waals surface area contributed by atoms with Crippen LogP contribution >= 0.6 is 0 Å². The molecule has 106 valence electrons. The van der Waals surface area contributed by atoms with Crippen LogP contribution < -0.4 is 5.32 Å². The van der Waals surface area contributed by atoms with Crippen molar-refractivity contribution in [3.63, 3.8) is 0 Å². The van der Waals surface area contributed by atoms with Crippen molar-refractivity contribution in [1.29, 1.82) is 0 Å². The van der Waals surface area contributed by atoms with Gasteiger partial charge in [0.2, 0.25) is 0 Å². The number of nitrogens with one attached hydrogen (secondary N) is 1. The van der Waals surface area contributed by atoms with Crippen LogP contribution in [0, 0.1) is 0 Å². The van der Waals surface area contributed by atoms with Crippen LogP contribution in [-0.4, -0.2) is 46.1 Å². The van der Waals surface area contributed by atoms with Gasteiger partial charge in [0.1, 0.15) is 0 Å². The number of hydrogen-bond donors (Lipinski definition) is 2. The lowest BCUT2D eigenvalue weighted by Crippen LogP contribution is -2.49. The van der Waals surface area contributed by atoms with Gasteiger partial charge in [-0.1, -0.05) is 6.58 Å². The number of aromatic nitrogens is 1. The highest BCUT2D eigenvalue weighted by Crippen LogP contribution is 2.14. The summed E-state index contributed by atoms with van der Waals surface area (Å²) in [5, 5.41) is 11.2. The first-order valence-electron chi connectivity index (χ1n) is 6.47. The van der Waals surface area contributed by atoms with Gasteiger partial charge in [0.15, 0.2) is 0 Å². The van der Waals surface area contributed by atoms with Crippen LogP contribution in [0.5, 0.6) is 0 Å². The van der Waals surface area contributed by atoms with Gasteiger partial charge >= 0.3 is 6.09 Å². The highest BCUT2D eigenvalue weighted by molar-refractivity contribution is 5.94. The zero-order valence-electron chi connectivity index (χ0n) is 11.1. The van der Waals surface area contributed by atoms with Gasteiger partial charge in [0, 0.05) is 30.9 Å². The highest BCUT2D eigenvalue weighted by Gasteiger charge is 2.25. The summed E-state index contributed by atoms with van der Waals surface area (Å²) in [5.41, 5.74) is 1.19. The zero-order chi connectivity index (χ0) is 14.5. The molecule has 1 atom stereocenters. The maximum absolute atomic E-state index is 12.4. The minimum Gasteiger partial charge on any atom is -0.465 e. The van der Waals surface area contributed by atoms with Crippen molar-refractivity contribution in [3.05, 3.63) is 36.2 Å². The fraction of sp³-hybridized carbons (Fsp3) is 0.357. The van der Waals surface area contributed by atoms with Gasteiger partial charge in [0.25, 0.3) is 5.91 Å². The fourth-order valence-electron chi connectivity index (χ4n) is 2.33. The largest absolute Gasteiger partial charge is 0.465 e. The third kappa shape index (κ3) is 3.34. The van der Waals surface area contributed by atoms with E-state index in [0.717, 1.165) is 12.8 Å². The average Bonchev–Trinajstić information content (AvgIpc) is 2.46. The Morgan fingerprint density at radius 2 is 2.35 bits per heavy atom. The standard InChI is InChI=1S/C14H17N3O3/c1-2-11-8-10(5-6-15-11)13(18)17-7-3-4-12(9-17)16-14(19)20/h2,5-6,8,12,16H,1,3-4,7,9H2,(H,19,20). The van der Waals surface area contributed by atoms with E-state index in [1.165, 1.54) is 0 Å². The molecule has 0 saturated carbocycles. The Morgan fingerprint density at radius 1 is 1.55 bits per heavy atom. The first-order valence-corrected chi connectivity index (χ1v) is 6.47. The molecule has 0 bridgehead atoms. The number of rotatable bonds is 3. The minimum atomic E-state index is -1.05. The summed E-state index contributed by atoms with van der Waals surface area (Å²) in [7, 11) is 0. The van der Waals surface area contributed by atoms with E-state index in [0.29, 0.717) is 24.3 Å². The number of pyridine rings is 1. The second-order valence-electron chi connectivity index (χ2n) is 4.71. The van der Waals surface area contributed by atoms with Crippen LogP contribution in [0.4, 0.5) is 4.79 Å². The topological polar surface area (TPSA) is 82.5 Å². The average molecular weight is 275 g/mol. The van der Waals surface area contributed by atoms with Gasteiger partial charge in [-0.25, -0.2) is 4.79 Å². The normalized spacial score (nSPS) is 18.4. The maximum atomic E-state index is 12.4. The molecule has 1 aromatic heterocycles. The van der Waals surface area contributed by atoms with Crippen molar-refractivity contribution < 1.29 is 14.7 Å². The molecule has 1 unspecified atom stereocenters. The van der Waals surface area contributed by atoms with Gasteiger partial charge in [0.05, 0.1) is 5.69 Å². The molecule has 2 heterocycles. The number of piperidine rings is 1. The Balaban J connectivity index is 2.07. The summed E-state index contributed by atoms with van der Waals surface area (Å²) < 4.78 is 0.